The molecule has 0 bridgehead atoms. The van der Waals surface area contributed by atoms with E-state index in [9.17, 15) is 13.9 Å². The number of hydrogen-bond donors (Lipinski definition) is 2. The van der Waals surface area contributed by atoms with Gasteiger partial charge in [0, 0.05) is 0 Å². The van der Waals surface area contributed by atoms with Gasteiger partial charge in [0.25, 0.3) is 0 Å². The van der Waals surface area contributed by atoms with Gasteiger partial charge in [-0.05, 0) is 30.7 Å². The SMILES string of the molecule is COc1c(F)cc(C(O)CCN)cc1F. The normalized spacial score (nSPS) is 12.6. The summed E-state index contributed by atoms with van der Waals surface area (Å²) in [7, 11) is 1.18. The summed E-state index contributed by atoms with van der Waals surface area (Å²) in [5, 5.41) is 9.48. The largest absolute Gasteiger partial charge is 0.491 e. The van der Waals surface area contributed by atoms with Gasteiger partial charge in [0.2, 0.25) is 0 Å². The van der Waals surface area contributed by atoms with Gasteiger partial charge < -0.3 is 15.6 Å². The Labute approximate surface area is 86.5 Å². The maximum atomic E-state index is 13.2. The molecule has 3 nitrogen and oxygen atoms in total. The molecule has 0 aliphatic heterocycles. The van der Waals surface area contributed by atoms with Gasteiger partial charge in [-0.15, -0.1) is 0 Å². The lowest BCUT2D eigenvalue weighted by Gasteiger charge is -2.11. The third-order valence-corrected chi connectivity index (χ3v) is 2.05. The lowest BCUT2D eigenvalue weighted by atomic mass is 10.1. The Kier molecular flexibility index (Phi) is 3.99. The molecule has 84 valence electrons. The van der Waals surface area contributed by atoms with Crippen molar-refractivity contribution in [2.75, 3.05) is 13.7 Å². The average molecular weight is 217 g/mol. The lowest BCUT2D eigenvalue weighted by molar-refractivity contribution is 0.169. The Hall–Kier alpha value is -1.20. The van der Waals surface area contributed by atoms with Crippen LogP contribution in [0.2, 0.25) is 0 Å². The van der Waals surface area contributed by atoms with Crippen molar-refractivity contribution in [3.05, 3.63) is 29.3 Å². The maximum Gasteiger partial charge on any atom is 0.190 e. The van der Waals surface area contributed by atoms with E-state index in [-0.39, 0.29) is 18.5 Å². The second-order valence-corrected chi connectivity index (χ2v) is 3.11. The molecule has 1 aromatic carbocycles. The van der Waals surface area contributed by atoms with E-state index >= 15 is 0 Å². The van der Waals surface area contributed by atoms with Gasteiger partial charge in [0.05, 0.1) is 13.2 Å². The van der Waals surface area contributed by atoms with Gasteiger partial charge in [0.15, 0.2) is 17.4 Å². The quantitative estimate of drug-likeness (QED) is 0.800. The standard InChI is InChI=1S/C10H13F2NO2/c1-15-10-7(11)4-6(5-8(10)12)9(14)2-3-13/h4-5,9,14H,2-3,13H2,1H3. The summed E-state index contributed by atoms with van der Waals surface area (Å²) in [6.07, 6.45) is -0.699. The minimum Gasteiger partial charge on any atom is -0.491 e. The highest BCUT2D eigenvalue weighted by Crippen LogP contribution is 2.26. The van der Waals surface area contributed by atoms with Gasteiger partial charge in [-0.1, -0.05) is 0 Å². The molecule has 0 spiro atoms. The molecule has 15 heavy (non-hydrogen) atoms. The van der Waals surface area contributed by atoms with E-state index in [2.05, 4.69) is 4.74 Å². The Morgan fingerprint density at radius 2 is 1.93 bits per heavy atom. The summed E-state index contributed by atoms with van der Waals surface area (Å²) < 4.78 is 30.9. The van der Waals surface area contributed by atoms with Gasteiger partial charge in [-0.2, -0.15) is 0 Å². The molecular weight excluding hydrogens is 204 g/mol. The Morgan fingerprint density at radius 1 is 1.40 bits per heavy atom. The van der Waals surface area contributed by atoms with Gasteiger partial charge in [-0.3, -0.25) is 0 Å². The zero-order valence-corrected chi connectivity index (χ0v) is 8.34. The number of nitrogens with two attached hydrogens (primary N) is 1. The molecule has 3 N–H and O–H groups in total. The van der Waals surface area contributed by atoms with Crippen molar-refractivity contribution in [2.24, 2.45) is 5.73 Å². The predicted molar refractivity (Wildman–Crippen MR) is 51.5 cm³/mol. The van der Waals surface area contributed by atoms with E-state index in [1.807, 2.05) is 0 Å². The van der Waals surface area contributed by atoms with Crippen LogP contribution in [-0.2, 0) is 0 Å². The number of hydrogen-bond acceptors (Lipinski definition) is 3. The van der Waals surface area contributed by atoms with Crippen LogP contribution in [0.1, 0.15) is 18.1 Å². The third kappa shape index (κ3) is 2.64. The molecule has 0 radical (unpaired) electrons. The fourth-order valence-electron chi connectivity index (χ4n) is 1.29. The van der Waals surface area contributed by atoms with E-state index in [1.54, 1.807) is 0 Å². The van der Waals surface area contributed by atoms with Crippen LogP contribution in [0, 0.1) is 11.6 Å². The van der Waals surface area contributed by atoms with Gasteiger partial charge in [0.1, 0.15) is 0 Å². The summed E-state index contributed by atoms with van der Waals surface area (Å²) in [6.45, 7) is 0.246. The van der Waals surface area contributed by atoms with Crippen LogP contribution >= 0.6 is 0 Å². The number of aliphatic hydroxyl groups excluding tert-OH is 1. The summed E-state index contributed by atoms with van der Waals surface area (Å²) >= 11 is 0. The van der Waals surface area contributed by atoms with Crippen molar-refractivity contribution in [1.82, 2.24) is 0 Å². The van der Waals surface area contributed by atoms with Crippen LogP contribution in [0.15, 0.2) is 12.1 Å². The molecule has 0 aliphatic carbocycles. The number of benzene rings is 1. The van der Waals surface area contributed by atoms with Crippen molar-refractivity contribution >= 4 is 0 Å². The Bertz CT molecular complexity index is 321. The smallest absolute Gasteiger partial charge is 0.190 e. The first-order valence-electron chi connectivity index (χ1n) is 4.51. The zero-order chi connectivity index (χ0) is 11.4. The van der Waals surface area contributed by atoms with Gasteiger partial charge in [-0.25, -0.2) is 8.78 Å². The van der Waals surface area contributed by atoms with Crippen molar-refractivity contribution < 1.29 is 18.6 Å². The van der Waals surface area contributed by atoms with Crippen molar-refractivity contribution in [2.45, 2.75) is 12.5 Å². The van der Waals surface area contributed by atoms with Crippen molar-refractivity contribution in [3.63, 3.8) is 0 Å². The molecule has 1 aromatic rings. The molecule has 0 saturated carbocycles. The molecular formula is C10H13F2NO2. The fraction of sp³-hybridized carbons (Fsp3) is 0.400. The number of rotatable bonds is 4. The van der Waals surface area contributed by atoms with Crippen LogP contribution in [-0.4, -0.2) is 18.8 Å². The van der Waals surface area contributed by atoms with E-state index in [1.165, 1.54) is 7.11 Å². The zero-order valence-electron chi connectivity index (χ0n) is 8.34. The highest BCUT2D eigenvalue weighted by atomic mass is 19.1. The molecule has 0 fully saturated rings. The van der Waals surface area contributed by atoms with E-state index in [0.29, 0.717) is 0 Å². The first-order chi connectivity index (χ1) is 7.10. The van der Waals surface area contributed by atoms with Crippen LogP contribution < -0.4 is 10.5 Å². The van der Waals surface area contributed by atoms with E-state index in [0.717, 1.165) is 12.1 Å². The average Bonchev–Trinajstić information content (AvgIpc) is 2.17. The minimum atomic E-state index is -0.954. The molecule has 5 heteroatoms. The number of aliphatic hydroxyl groups is 1. The highest BCUT2D eigenvalue weighted by Gasteiger charge is 2.15. The predicted octanol–water partition coefficient (Wildman–Crippen LogP) is 1.36. The summed E-state index contributed by atoms with van der Waals surface area (Å²) in [5.74, 6) is -2.11. The number of ether oxygens (including phenoxy) is 1. The molecule has 0 amide bonds. The fourth-order valence-corrected chi connectivity index (χ4v) is 1.29. The highest BCUT2D eigenvalue weighted by molar-refractivity contribution is 5.32. The summed E-state index contributed by atoms with van der Waals surface area (Å²) in [4.78, 5) is 0. The van der Waals surface area contributed by atoms with E-state index < -0.39 is 23.5 Å². The Morgan fingerprint density at radius 3 is 2.33 bits per heavy atom. The molecule has 0 aliphatic rings. The molecule has 0 saturated heterocycles. The topological polar surface area (TPSA) is 55.5 Å². The van der Waals surface area contributed by atoms with Crippen molar-refractivity contribution in [3.8, 4) is 5.75 Å². The number of halogens is 2. The molecule has 0 aromatic heterocycles. The van der Waals surface area contributed by atoms with Crippen LogP contribution in [0.25, 0.3) is 0 Å². The summed E-state index contributed by atoms with van der Waals surface area (Å²) in [5.41, 5.74) is 5.39. The molecule has 1 unspecified atom stereocenters. The third-order valence-electron chi connectivity index (χ3n) is 2.05. The van der Waals surface area contributed by atoms with Crippen molar-refractivity contribution in [1.29, 1.82) is 0 Å². The molecule has 1 atom stereocenters. The first-order valence-corrected chi connectivity index (χ1v) is 4.51. The second kappa shape index (κ2) is 5.04. The second-order valence-electron chi connectivity index (χ2n) is 3.11. The van der Waals surface area contributed by atoms with E-state index in [4.69, 9.17) is 5.73 Å². The monoisotopic (exact) mass is 217 g/mol. The van der Waals surface area contributed by atoms with Crippen LogP contribution in [0.3, 0.4) is 0 Å². The van der Waals surface area contributed by atoms with Gasteiger partial charge >= 0.3 is 0 Å². The summed E-state index contributed by atoms with van der Waals surface area (Å²) in [6, 6.07) is 2.09. The van der Waals surface area contributed by atoms with Crippen LogP contribution in [0.5, 0.6) is 5.75 Å². The molecule has 0 heterocycles. The maximum absolute atomic E-state index is 13.2. The lowest BCUT2D eigenvalue weighted by Crippen LogP contribution is -2.07. The molecule has 1 rings (SSSR count). The van der Waals surface area contributed by atoms with Crippen LogP contribution in [0.4, 0.5) is 8.78 Å². The number of methoxy groups -OCH3 is 1. The Balaban J connectivity index is 3.02. The first kappa shape index (κ1) is 11.9. The minimum absolute atomic E-state index is 0.163.